The zero-order chi connectivity index (χ0) is 22.9. The molecule has 0 unspecified atom stereocenters. The van der Waals surface area contributed by atoms with Crippen LogP contribution in [0.25, 0.3) is 11.3 Å². The maximum Gasteiger partial charge on any atom is 0.263 e. The van der Waals surface area contributed by atoms with Gasteiger partial charge in [-0.3, -0.25) is 4.68 Å². The summed E-state index contributed by atoms with van der Waals surface area (Å²) in [7, 11) is -0.106. The monoisotopic (exact) mass is 457 g/mol. The Morgan fingerprint density at radius 3 is 2.66 bits per heavy atom. The second-order valence-corrected chi connectivity index (χ2v) is 9.87. The minimum Gasteiger partial charge on any atom is -0.433 e. The molecule has 0 amide bonds. The van der Waals surface area contributed by atoms with Crippen LogP contribution in [-0.2, 0) is 10.0 Å². The molecule has 0 spiro atoms. The molecule has 3 N–H and O–H groups in total. The predicted molar refractivity (Wildman–Crippen MR) is 121 cm³/mol. The second kappa shape index (κ2) is 8.85. The van der Waals surface area contributed by atoms with Crippen molar-refractivity contribution in [1.82, 2.24) is 29.4 Å². The maximum absolute atomic E-state index is 12.2. The Hall–Kier alpha value is -3.02. The first-order valence-corrected chi connectivity index (χ1v) is 11.8. The molecular weight excluding hydrogens is 430 g/mol. The molecule has 0 atom stereocenters. The van der Waals surface area contributed by atoms with Gasteiger partial charge in [0.25, 0.3) is 5.88 Å². The highest BCUT2D eigenvalue weighted by molar-refractivity contribution is 7.89. The number of anilines is 1. The normalized spacial score (nSPS) is 15.7. The molecule has 170 valence electrons. The number of likely N-dealkylation sites (tertiary alicyclic amines) is 1. The Balaban J connectivity index is 1.59. The highest BCUT2D eigenvalue weighted by atomic mass is 32.2. The summed E-state index contributed by atoms with van der Waals surface area (Å²) < 4.78 is 34.6. The van der Waals surface area contributed by atoms with Crippen molar-refractivity contribution in [2.24, 2.45) is 0 Å². The van der Waals surface area contributed by atoms with E-state index in [-0.39, 0.29) is 16.6 Å². The second-order valence-electron chi connectivity index (χ2n) is 7.98. The molecule has 1 aliphatic rings. The molecule has 3 heterocycles. The van der Waals surface area contributed by atoms with E-state index in [0.717, 1.165) is 31.5 Å². The quantitative estimate of drug-likeness (QED) is 0.576. The van der Waals surface area contributed by atoms with Crippen molar-refractivity contribution in [1.29, 1.82) is 0 Å². The number of aryl methyl sites for hydroxylation is 1. The van der Waals surface area contributed by atoms with Gasteiger partial charge in [0.15, 0.2) is 11.6 Å². The fourth-order valence-corrected chi connectivity index (χ4v) is 4.57. The van der Waals surface area contributed by atoms with E-state index < -0.39 is 10.0 Å². The SMILES string of the molecule is CNS(=O)(=O)c1cc(C)cc(-c2cnc(N)c(Oc3cnn(C4CCN(C)CC4)c3)n2)c1. The molecule has 1 aromatic carbocycles. The summed E-state index contributed by atoms with van der Waals surface area (Å²) in [5.74, 6) is 0.797. The first kappa shape index (κ1) is 22.2. The summed E-state index contributed by atoms with van der Waals surface area (Å²) in [5, 5.41) is 4.44. The largest absolute Gasteiger partial charge is 0.433 e. The van der Waals surface area contributed by atoms with Gasteiger partial charge in [0.1, 0.15) is 0 Å². The summed E-state index contributed by atoms with van der Waals surface area (Å²) in [6.07, 6.45) is 7.03. The number of hydrogen-bond acceptors (Lipinski definition) is 8. The van der Waals surface area contributed by atoms with Crippen LogP contribution in [0.1, 0.15) is 24.4 Å². The smallest absolute Gasteiger partial charge is 0.263 e. The van der Waals surface area contributed by atoms with Crippen LogP contribution in [0.5, 0.6) is 11.6 Å². The van der Waals surface area contributed by atoms with Gasteiger partial charge < -0.3 is 15.4 Å². The number of nitrogens with one attached hydrogen (secondary N) is 1. The van der Waals surface area contributed by atoms with E-state index in [1.807, 2.05) is 23.9 Å². The van der Waals surface area contributed by atoms with Crippen molar-refractivity contribution < 1.29 is 13.2 Å². The van der Waals surface area contributed by atoms with Gasteiger partial charge in [0, 0.05) is 5.56 Å². The summed E-state index contributed by atoms with van der Waals surface area (Å²) in [4.78, 5) is 11.1. The highest BCUT2D eigenvalue weighted by Gasteiger charge is 2.20. The van der Waals surface area contributed by atoms with Crippen molar-refractivity contribution in [3.05, 3.63) is 42.4 Å². The molecule has 4 rings (SSSR count). The van der Waals surface area contributed by atoms with Gasteiger partial charge >= 0.3 is 0 Å². The molecule has 1 saturated heterocycles. The molecule has 32 heavy (non-hydrogen) atoms. The van der Waals surface area contributed by atoms with E-state index in [1.54, 1.807) is 18.3 Å². The number of benzene rings is 1. The average molecular weight is 458 g/mol. The number of sulfonamides is 1. The fourth-order valence-electron chi connectivity index (χ4n) is 3.71. The molecule has 2 aromatic heterocycles. The van der Waals surface area contributed by atoms with E-state index in [0.29, 0.717) is 23.0 Å². The number of piperidine rings is 1. The fraction of sp³-hybridized carbons (Fsp3) is 0.381. The van der Waals surface area contributed by atoms with Crippen LogP contribution in [0, 0.1) is 6.92 Å². The minimum absolute atomic E-state index is 0.136. The van der Waals surface area contributed by atoms with Gasteiger partial charge in [0.05, 0.1) is 35.2 Å². The van der Waals surface area contributed by atoms with Gasteiger partial charge in [0.2, 0.25) is 10.0 Å². The van der Waals surface area contributed by atoms with Crippen LogP contribution in [0.4, 0.5) is 5.82 Å². The molecule has 0 aliphatic carbocycles. The first-order chi connectivity index (χ1) is 15.2. The number of nitrogen functional groups attached to an aromatic ring is 1. The molecule has 1 aliphatic heterocycles. The van der Waals surface area contributed by atoms with Gasteiger partial charge in [-0.15, -0.1) is 0 Å². The number of nitrogens with two attached hydrogens (primary N) is 1. The summed E-state index contributed by atoms with van der Waals surface area (Å²) in [6.45, 7) is 3.88. The van der Waals surface area contributed by atoms with Crippen LogP contribution in [0.15, 0.2) is 41.7 Å². The molecule has 1 fully saturated rings. The maximum atomic E-state index is 12.2. The summed E-state index contributed by atoms with van der Waals surface area (Å²) in [5.41, 5.74) is 7.82. The van der Waals surface area contributed by atoms with E-state index in [1.165, 1.54) is 13.2 Å². The Kier molecular flexibility index (Phi) is 6.13. The van der Waals surface area contributed by atoms with Crippen molar-refractivity contribution >= 4 is 15.8 Å². The lowest BCUT2D eigenvalue weighted by atomic mass is 10.1. The number of hydrogen-bond donors (Lipinski definition) is 2. The number of aromatic nitrogens is 4. The number of rotatable bonds is 6. The molecule has 0 bridgehead atoms. The Morgan fingerprint density at radius 2 is 1.94 bits per heavy atom. The Labute approximate surface area is 187 Å². The first-order valence-electron chi connectivity index (χ1n) is 10.3. The van der Waals surface area contributed by atoms with Crippen LogP contribution in [0.2, 0.25) is 0 Å². The van der Waals surface area contributed by atoms with Crippen LogP contribution in [-0.4, -0.2) is 60.3 Å². The van der Waals surface area contributed by atoms with Gasteiger partial charge in [-0.05, 0) is 70.7 Å². The van der Waals surface area contributed by atoms with E-state index in [4.69, 9.17) is 10.5 Å². The van der Waals surface area contributed by atoms with E-state index in [9.17, 15) is 8.42 Å². The Morgan fingerprint density at radius 1 is 1.19 bits per heavy atom. The third-order valence-corrected chi connectivity index (χ3v) is 6.94. The molecule has 10 nitrogen and oxygen atoms in total. The lowest BCUT2D eigenvalue weighted by molar-refractivity contribution is 0.212. The molecule has 11 heteroatoms. The summed E-state index contributed by atoms with van der Waals surface area (Å²) in [6, 6.07) is 5.30. The third kappa shape index (κ3) is 4.74. The van der Waals surface area contributed by atoms with Crippen LogP contribution >= 0.6 is 0 Å². The number of ether oxygens (including phenoxy) is 1. The van der Waals surface area contributed by atoms with Gasteiger partial charge in [-0.1, -0.05) is 0 Å². The molecule has 3 aromatic rings. The Bertz CT molecular complexity index is 1220. The number of nitrogens with zero attached hydrogens (tertiary/aromatic N) is 5. The van der Waals surface area contributed by atoms with Gasteiger partial charge in [-0.2, -0.15) is 5.10 Å². The van der Waals surface area contributed by atoms with E-state index in [2.05, 4.69) is 31.7 Å². The third-order valence-electron chi connectivity index (χ3n) is 5.55. The van der Waals surface area contributed by atoms with Crippen LogP contribution in [0.3, 0.4) is 0 Å². The lowest BCUT2D eigenvalue weighted by Crippen LogP contribution is -2.31. The standard InChI is InChI=1S/C21H27N7O3S/c1-14-8-15(10-18(9-14)32(29,30)23-2)19-12-24-20(22)21(26-19)31-17-11-25-28(13-17)16-4-6-27(3)7-5-16/h8-13,16,23H,4-7H2,1-3H3,(H2,22,24). The van der Waals surface area contributed by atoms with Crippen molar-refractivity contribution in [2.45, 2.75) is 30.7 Å². The lowest BCUT2D eigenvalue weighted by Gasteiger charge is -2.28. The van der Waals surface area contributed by atoms with Crippen molar-refractivity contribution in [3.63, 3.8) is 0 Å². The zero-order valence-electron chi connectivity index (χ0n) is 18.3. The van der Waals surface area contributed by atoms with E-state index >= 15 is 0 Å². The van der Waals surface area contributed by atoms with Gasteiger partial charge in [-0.25, -0.2) is 23.1 Å². The van der Waals surface area contributed by atoms with Crippen molar-refractivity contribution in [2.75, 3.05) is 32.9 Å². The van der Waals surface area contributed by atoms with Crippen LogP contribution < -0.4 is 15.2 Å². The summed E-state index contributed by atoms with van der Waals surface area (Å²) >= 11 is 0. The topological polar surface area (TPSA) is 128 Å². The molecule has 0 saturated carbocycles. The highest BCUT2D eigenvalue weighted by Crippen LogP contribution is 2.30. The average Bonchev–Trinajstić information content (AvgIpc) is 3.24. The zero-order valence-corrected chi connectivity index (χ0v) is 19.1. The molecule has 0 radical (unpaired) electrons. The van der Waals surface area contributed by atoms with Crippen molar-refractivity contribution in [3.8, 4) is 22.9 Å². The molecular formula is C21H27N7O3S. The minimum atomic E-state index is -3.60. The predicted octanol–water partition coefficient (Wildman–Crippen LogP) is 2.20.